The van der Waals surface area contributed by atoms with Crippen LogP contribution >= 0.6 is 15.9 Å². The molecule has 0 radical (unpaired) electrons. The second-order valence-electron chi connectivity index (χ2n) is 5.15. The lowest BCUT2D eigenvalue weighted by Gasteiger charge is -2.32. The van der Waals surface area contributed by atoms with Gasteiger partial charge in [-0.2, -0.15) is 13.2 Å². The van der Waals surface area contributed by atoms with Crippen LogP contribution in [0.25, 0.3) is 0 Å². The fourth-order valence-corrected chi connectivity index (χ4v) is 2.75. The maximum atomic E-state index is 13.2. The molecule has 0 N–H and O–H groups in total. The number of para-hydroxylation sites is 1. The Morgan fingerprint density at radius 2 is 1.58 bits per heavy atom. The summed E-state index contributed by atoms with van der Waals surface area (Å²) in [7, 11) is 2.11. The van der Waals surface area contributed by atoms with Crippen LogP contribution in [0, 0.1) is 0 Å². The predicted octanol–water partition coefficient (Wildman–Crippen LogP) is 2.97. The van der Waals surface area contributed by atoms with E-state index in [1.165, 1.54) is 18.2 Å². The molecule has 1 amide bonds. The molecule has 0 atom stereocenters. The number of anilines is 1. The van der Waals surface area contributed by atoms with Crippen LogP contribution in [0.15, 0.2) is 24.3 Å². The molecule has 10 heteroatoms. The highest BCUT2D eigenvalue weighted by Crippen LogP contribution is 2.31. The van der Waals surface area contributed by atoms with E-state index < -0.39 is 42.9 Å². The Morgan fingerprint density at radius 3 is 2.00 bits per heavy atom. The topological polar surface area (TPSA) is 72.9 Å². The van der Waals surface area contributed by atoms with Gasteiger partial charge in [0.25, 0.3) is 0 Å². The quantitative estimate of drug-likeness (QED) is 0.482. The molecule has 26 heavy (non-hydrogen) atoms. The van der Waals surface area contributed by atoms with Gasteiger partial charge in [-0.3, -0.25) is 14.4 Å². The standard InChI is InChI=1S/C16H17BrF3NO5/c1-25-13(22)7-11(8-14(23)26-2)21(15(24)16(18,19)20)12-6-4-3-5-10(12)9-17/h3-6,11H,7-9H2,1-2H3. The van der Waals surface area contributed by atoms with Crippen LogP contribution < -0.4 is 4.90 Å². The van der Waals surface area contributed by atoms with Crippen LogP contribution in [-0.2, 0) is 29.2 Å². The Bertz CT molecular complexity index is 648. The molecule has 0 bridgehead atoms. The number of amides is 1. The zero-order chi connectivity index (χ0) is 19.9. The van der Waals surface area contributed by atoms with E-state index in [9.17, 15) is 27.6 Å². The summed E-state index contributed by atoms with van der Waals surface area (Å²) in [5.74, 6) is -3.92. The first-order chi connectivity index (χ1) is 12.1. The first-order valence-corrected chi connectivity index (χ1v) is 8.45. The summed E-state index contributed by atoms with van der Waals surface area (Å²) in [6.45, 7) is 0. The highest BCUT2D eigenvalue weighted by Gasteiger charge is 2.46. The second kappa shape index (κ2) is 9.56. The molecule has 0 aliphatic rings. The number of carbonyl (C=O) groups excluding carboxylic acids is 3. The summed E-state index contributed by atoms with van der Waals surface area (Å²) >= 11 is 3.15. The van der Waals surface area contributed by atoms with E-state index in [1.54, 1.807) is 6.07 Å². The summed E-state index contributed by atoms with van der Waals surface area (Å²) in [5, 5.41) is 0.161. The van der Waals surface area contributed by atoms with Crippen LogP contribution in [0.2, 0.25) is 0 Å². The molecular formula is C16H17BrF3NO5. The Labute approximate surface area is 156 Å². The van der Waals surface area contributed by atoms with Gasteiger partial charge in [-0.1, -0.05) is 34.1 Å². The maximum absolute atomic E-state index is 13.2. The summed E-state index contributed by atoms with van der Waals surface area (Å²) in [6.07, 6.45) is -6.42. The highest BCUT2D eigenvalue weighted by atomic mass is 79.9. The van der Waals surface area contributed by atoms with Crippen molar-refractivity contribution in [1.82, 2.24) is 0 Å². The fraction of sp³-hybridized carbons (Fsp3) is 0.438. The molecule has 0 aliphatic heterocycles. The van der Waals surface area contributed by atoms with Gasteiger partial charge in [0, 0.05) is 11.0 Å². The van der Waals surface area contributed by atoms with Crippen LogP contribution in [0.5, 0.6) is 0 Å². The average molecular weight is 440 g/mol. The molecule has 0 aliphatic carbocycles. The van der Waals surface area contributed by atoms with Gasteiger partial charge in [0.2, 0.25) is 0 Å². The largest absolute Gasteiger partial charge is 0.471 e. The lowest BCUT2D eigenvalue weighted by molar-refractivity contribution is -0.171. The van der Waals surface area contributed by atoms with Crippen molar-refractivity contribution in [3.63, 3.8) is 0 Å². The molecule has 1 aromatic carbocycles. The van der Waals surface area contributed by atoms with Gasteiger partial charge in [-0.15, -0.1) is 0 Å². The number of nitrogens with zero attached hydrogens (tertiary/aromatic N) is 1. The lowest BCUT2D eigenvalue weighted by atomic mass is 10.0. The van der Waals surface area contributed by atoms with Crippen molar-refractivity contribution in [2.24, 2.45) is 0 Å². The third-order valence-electron chi connectivity index (χ3n) is 3.48. The lowest BCUT2D eigenvalue weighted by Crippen LogP contribution is -2.49. The molecule has 0 fully saturated rings. The van der Waals surface area contributed by atoms with Gasteiger partial charge in [0.05, 0.1) is 33.1 Å². The minimum absolute atomic E-state index is 0.0653. The Hall–Kier alpha value is -2.10. The zero-order valence-electron chi connectivity index (χ0n) is 14.0. The fourth-order valence-electron chi connectivity index (χ4n) is 2.27. The number of esters is 2. The third-order valence-corrected chi connectivity index (χ3v) is 4.09. The van der Waals surface area contributed by atoms with E-state index in [1.807, 2.05) is 0 Å². The van der Waals surface area contributed by atoms with Crippen LogP contribution in [-0.4, -0.2) is 44.3 Å². The number of benzene rings is 1. The van der Waals surface area contributed by atoms with Crippen molar-refractivity contribution in [2.75, 3.05) is 19.1 Å². The molecule has 6 nitrogen and oxygen atoms in total. The predicted molar refractivity (Wildman–Crippen MR) is 89.7 cm³/mol. The number of halogens is 4. The minimum atomic E-state index is -5.20. The number of hydrogen-bond acceptors (Lipinski definition) is 5. The van der Waals surface area contributed by atoms with E-state index in [-0.39, 0.29) is 11.0 Å². The van der Waals surface area contributed by atoms with E-state index >= 15 is 0 Å². The molecule has 0 aromatic heterocycles. The van der Waals surface area contributed by atoms with Gasteiger partial charge >= 0.3 is 24.0 Å². The Morgan fingerprint density at radius 1 is 1.08 bits per heavy atom. The summed E-state index contributed by atoms with van der Waals surface area (Å²) in [6, 6.07) is 4.44. The van der Waals surface area contributed by atoms with Gasteiger partial charge in [0.1, 0.15) is 0 Å². The molecular weight excluding hydrogens is 423 g/mol. The molecule has 0 unspecified atom stereocenters. The summed E-state index contributed by atoms with van der Waals surface area (Å²) < 4.78 is 48.5. The molecule has 1 rings (SSSR count). The number of carbonyl (C=O) groups is 3. The van der Waals surface area contributed by atoms with E-state index in [2.05, 4.69) is 25.4 Å². The normalized spacial score (nSPS) is 11.2. The molecule has 144 valence electrons. The van der Waals surface area contributed by atoms with Crippen molar-refractivity contribution in [3.05, 3.63) is 29.8 Å². The van der Waals surface area contributed by atoms with Crippen molar-refractivity contribution >= 4 is 39.5 Å². The van der Waals surface area contributed by atoms with Gasteiger partial charge in [-0.05, 0) is 11.6 Å². The molecule has 0 saturated carbocycles. The third kappa shape index (κ3) is 5.72. The highest BCUT2D eigenvalue weighted by molar-refractivity contribution is 9.08. The van der Waals surface area contributed by atoms with Crippen LogP contribution in [0.1, 0.15) is 18.4 Å². The SMILES string of the molecule is COC(=O)CC(CC(=O)OC)N(C(=O)C(F)(F)F)c1ccccc1CBr. The van der Waals surface area contributed by atoms with Gasteiger partial charge < -0.3 is 14.4 Å². The van der Waals surface area contributed by atoms with E-state index in [0.717, 1.165) is 14.2 Å². The molecule has 1 aromatic rings. The number of hydrogen-bond donors (Lipinski definition) is 0. The van der Waals surface area contributed by atoms with Gasteiger partial charge in [0.15, 0.2) is 0 Å². The first-order valence-electron chi connectivity index (χ1n) is 7.33. The van der Waals surface area contributed by atoms with Crippen molar-refractivity contribution in [2.45, 2.75) is 30.4 Å². The molecule has 0 heterocycles. The Balaban J connectivity index is 3.48. The molecule has 0 spiro atoms. The van der Waals surface area contributed by atoms with Crippen LogP contribution in [0.3, 0.4) is 0 Å². The molecule has 0 saturated heterocycles. The first kappa shape index (κ1) is 21.9. The monoisotopic (exact) mass is 439 g/mol. The maximum Gasteiger partial charge on any atom is 0.471 e. The smallest absolute Gasteiger partial charge is 0.469 e. The minimum Gasteiger partial charge on any atom is -0.469 e. The number of rotatable bonds is 7. The summed E-state index contributed by atoms with van der Waals surface area (Å²) in [5.41, 5.74) is 0.314. The summed E-state index contributed by atoms with van der Waals surface area (Å²) in [4.78, 5) is 35.8. The van der Waals surface area contributed by atoms with Crippen LogP contribution in [0.4, 0.5) is 18.9 Å². The zero-order valence-corrected chi connectivity index (χ0v) is 15.6. The second-order valence-corrected chi connectivity index (χ2v) is 5.71. The number of methoxy groups -OCH3 is 2. The van der Waals surface area contributed by atoms with Gasteiger partial charge in [-0.25, -0.2) is 0 Å². The average Bonchev–Trinajstić information content (AvgIpc) is 2.60. The van der Waals surface area contributed by atoms with E-state index in [4.69, 9.17) is 0 Å². The van der Waals surface area contributed by atoms with E-state index in [0.29, 0.717) is 10.5 Å². The Kier molecular flexibility index (Phi) is 8.07. The van der Waals surface area contributed by atoms with Crippen molar-refractivity contribution in [3.8, 4) is 0 Å². The van der Waals surface area contributed by atoms with Crippen molar-refractivity contribution < 1.29 is 37.0 Å². The van der Waals surface area contributed by atoms with Crippen molar-refractivity contribution in [1.29, 1.82) is 0 Å². The number of ether oxygens (including phenoxy) is 2. The number of alkyl halides is 4.